The lowest BCUT2D eigenvalue weighted by Gasteiger charge is -2.39. The molecule has 1 saturated carbocycles. The molecule has 3 heteroatoms. The van der Waals surface area contributed by atoms with E-state index in [2.05, 4.69) is 4.98 Å². The van der Waals surface area contributed by atoms with Gasteiger partial charge in [-0.1, -0.05) is 0 Å². The van der Waals surface area contributed by atoms with Crippen molar-refractivity contribution < 1.29 is 4.79 Å². The van der Waals surface area contributed by atoms with Crippen molar-refractivity contribution in [2.45, 2.75) is 18.3 Å². The lowest BCUT2D eigenvalue weighted by atomic mass is 9.64. The van der Waals surface area contributed by atoms with Gasteiger partial charge in [-0.25, -0.2) is 0 Å². The van der Waals surface area contributed by atoms with Crippen molar-refractivity contribution in [1.29, 1.82) is 0 Å². The SMILES string of the molecule is NCC1(c2ccncc2)CC(=O)C1. The van der Waals surface area contributed by atoms with Crippen LogP contribution in [0, 0.1) is 0 Å². The predicted molar refractivity (Wildman–Crippen MR) is 49.2 cm³/mol. The Bertz CT molecular complexity index is 313. The molecule has 0 aromatic carbocycles. The topological polar surface area (TPSA) is 56.0 Å². The van der Waals surface area contributed by atoms with Gasteiger partial charge in [0.05, 0.1) is 0 Å². The number of nitrogens with zero attached hydrogens (tertiary/aromatic N) is 1. The van der Waals surface area contributed by atoms with E-state index in [0.717, 1.165) is 5.56 Å². The maximum absolute atomic E-state index is 11.0. The molecular formula is C10H12N2O. The molecule has 2 rings (SSSR count). The molecule has 1 aliphatic carbocycles. The number of ketones is 1. The lowest BCUT2D eigenvalue weighted by molar-refractivity contribution is -0.128. The van der Waals surface area contributed by atoms with Crippen molar-refractivity contribution in [3.05, 3.63) is 30.1 Å². The molecule has 1 aromatic rings. The number of pyridine rings is 1. The highest BCUT2D eigenvalue weighted by molar-refractivity contribution is 5.88. The summed E-state index contributed by atoms with van der Waals surface area (Å²) in [6, 6.07) is 3.89. The van der Waals surface area contributed by atoms with Crippen molar-refractivity contribution in [2.75, 3.05) is 6.54 Å². The fraction of sp³-hybridized carbons (Fsp3) is 0.400. The summed E-state index contributed by atoms with van der Waals surface area (Å²) in [7, 11) is 0. The third-order valence-electron chi connectivity index (χ3n) is 2.75. The van der Waals surface area contributed by atoms with Crippen LogP contribution >= 0.6 is 0 Å². The summed E-state index contributed by atoms with van der Waals surface area (Å²) in [6.45, 7) is 0.544. The van der Waals surface area contributed by atoms with Crippen LogP contribution in [0.25, 0.3) is 0 Å². The molecule has 68 valence electrons. The fourth-order valence-corrected chi connectivity index (χ4v) is 1.87. The van der Waals surface area contributed by atoms with Gasteiger partial charge in [0.2, 0.25) is 0 Å². The third-order valence-corrected chi connectivity index (χ3v) is 2.75. The van der Waals surface area contributed by atoms with Crippen LogP contribution in [0.2, 0.25) is 0 Å². The molecule has 1 fully saturated rings. The standard InChI is InChI=1S/C10H12N2O/c11-7-10(5-9(13)6-10)8-1-3-12-4-2-8/h1-4H,5-7,11H2. The van der Waals surface area contributed by atoms with Gasteiger partial charge in [-0.2, -0.15) is 0 Å². The average Bonchev–Trinajstić information content (AvgIpc) is 2.14. The molecule has 3 nitrogen and oxygen atoms in total. The van der Waals surface area contributed by atoms with Crippen LogP contribution in [0.4, 0.5) is 0 Å². The van der Waals surface area contributed by atoms with Gasteiger partial charge >= 0.3 is 0 Å². The van der Waals surface area contributed by atoms with E-state index in [9.17, 15) is 4.79 Å². The Morgan fingerprint density at radius 3 is 2.46 bits per heavy atom. The summed E-state index contributed by atoms with van der Waals surface area (Å²) < 4.78 is 0. The Morgan fingerprint density at radius 1 is 1.38 bits per heavy atom. The summed E-state index contributed by atoms with van der Waals surface area (Å²) in [5, 5.41) is 0. The normalized spacial score (nSPS) is 19.6. The zero-order valence-corrected chi connectivity index (χ0v) is 7.36. The molecule has 0 saturated heterocycles. The smallest absolute Gasteiger partial charge is 0.134 e. The molecule has 1 aliphatic rings. The van der Waals surface area contributed by atoms with Gasteiger partial charge in [-0.05, 0) is 17.7 Å². The lowest BCUT2D eigenvalue weighted by Crippen LogP contribution is -2.47. The van der Waals surface area contributed by atoms with Crippen LogP contribution < -0.4 is 5.73 Å². The number of Topliss-reactive ketones (excluding diaryl/α,β-unsaturated/α-hetero) is 1. The highest BCUT2D eigenvalue weighted by Gasteiger charge is 2.43. The first-order chi connectivity index (χ1) is 6.27. The zero-order valence-electron chi connectivity index (χ0n) is 7.36. The predicted octanol–water partition coefficient (Wildman–Crippen LogP) is 0.641. The maximum Gasteiger partial charge on any atom is 0.134 e. The van der Waals surface area contributed by atoms with Crippen LogP contribution in [0.5, 0.6) is 0 Å². The summed E-state index contributed by atoms with van der Waals surface area (Å²) in [5.41, 5.74) is 6.75. The van der Waals surface area contributed by atoms with E-state index in [4.69, 9.17) is 5.73 Å². The van der Waals surface area contributed by atoms with E-state index < -0.39 is 0 Å². The van der Waals surface area contributed by atoms with Gasteiger partial charge < -0.3 is 5.73 Å². The van der Waals surface area contributed by atoms with Crippen LogP contribution in [-0.2, 0) is 10.2 Å². The van der Waals surface area contributed by atoms with Crippen LogP contribution in [0.1, 0.15) is 18.4 Å². The third kappa shape index (κ3) is 1.25. The highest BCUT2D eigenvalue weighted by Crippen LogP contribution is 2.39. The van der Waals surface area contributed by atoms with E-state index >= 15 is 0 Å². The number of nitrogens with two attached hydrogens (primary N) is 1. The van der Waals surface area contributed by atoms with Crippen molar-refractivity contribution >= 4 is 5.78 Å². The Labute approximate surface area is 77.0 Å². The summed E-state index contributed by atoms with van der Waals surface area (Å²) >= 11 is 0. The Kier molecular flexibility index (Phi) is 1.88. The first-order valence-corrected chi connectivity index (χ1v) is 4.39. The number of rotatable bonds is 2. The average molecular weight is 176 g/mol. The summed E-state index contributed by atoms with van der Waals surface area (Å²) in [5.74, 6) is 0.308. The van der Waals surface area contributed by atoms with Crippen molar-refractivity contribution in [3.63, 3.8) is 0 Å². The zero-order chi connectivity index (χ0) is 9.31. The fourth-order valence-electron chi connectivity index (χ4n) is 1.87. The molecular weight excluding hydrogens is 164 g/mol. The molecule has 0 aliphatic heterocycles. The number of hydrogen-bond acceptors (Lipinski definition) is 3. The first kappa shape index (κ1) is 8.38. The van der Waals surface area contributed by atoms with E-state index in [1.807, 2.05) is 12.1 Å². The second-order valence-corrected chi connectivity index (χ2v) is 3.61. The molecule has 0 spiro atoms. The molecule has 0 radical (unpaired) electrons. The molecule has 2 N–H and O–H groups in total. The Morgan fingerprint density at radius 2 is 2.00 bits per heavy atom. The summed E-state index contributed by atoms with van der Waals surface area (Å²) in [4.78, 5) is 14.9. The van der Waals surface area contributed by atoms with Gasteiger partial charge in [0.15, 0.2) is 0 Å². The van der Waals surface area contributed by atoms with Crippen LogP contribution in [-0.4, -0.2) is 17.3 Å². The number of carbonyl (C=O) groups excluding carboxylic acids is 1. The second-order valence-electron chi connectivity index (χ2n) is 3.61. The highest BCUT2D eigenvalue weighted by atomic mass is 16.1. The minimum absolute atomic E-state index is 0.0833. The number of carbonyl (C=O) groups is 1. The monoisotopic (exact) mass is 176 g/mol. The van der Waals surface area contributed by atoms with Gasteiger partial charge in [0, 0.05) is 37.2 Å². The van der Waals surface area contributed by atoms with Gasteiger partial charge in [0.25, 0.3) is 0 Å². The van der Waals surface area contributed by atoms with E-state index in [0.29, 0.717) is 25.2 Å². The molecule has 0 unspecified atom stereocenters. The van der Waals surface area contributed by atoms with Gasteiger partial charge in [-0.3, -0.25) is 9.78 Å². The molecule has 13 heavy (non-hydrogen) atoms. The van der Waals surface area contributed by atoms with Gasteiger partial charge in [-0.15, -0.1) is 0 Å². The maximum atomic E-state index is 11.0. The van der Waals surface area contributed by atoms with E-state index in [1.54, 1.807) is 12.4 Å². The quantitative estimate of drug-likeness (QED) is 0.719. The molecule has 1 heterocycles. The second kappa shape index (κ2) is 2.92. The van der Waals surface area contributed by atoms with Gasteiger partial charge in [0.1, 0.15) is 5.78 Å². The van der Waals surface area contributed by atoms with E-state index in [-0.39, 0.29) is 5.41 Å². The molecule has 0 amide bonds. The van der Waals surface area contributed by atoms with Crippen LogP contribution in [0.3, 0.4) is 0 Å². The number of aromatic nitrogens is 1. The van der Waals surface area contributed by atoms with Crippen molar-refractivity contribution in [3.8, 4) is 0 Å². The van der Waals surface area contributed by atoms with Crippen molar-refractivity contribution in [1.82, 2.24) is 4.98 Å². The number of hydrogen-bond donors (Lipinski definition) is 1. The Balaban J connectivity index is 2.29. The van der Waals surface area contributed by atoms with Crippen LogP contribution in [0.15, 0.2) is 24.5 Å². The molecule has 0 bridgehead atoms. The van der Waals surface area contributed by atoms with Crippen molar-refractivity contribution in [2.24, 2.45) is 5.73 Å². The van der Waals surface area contributed by atoms with E-state index in [1.165, 1.54) is 0 Å². The Hall–Kier alpha value is -1.22. The molecule has 0 atom stereocenters. The first-order valence-electron chi connectivity index (χ1n) is 4.39. The minimum Gasteiger partial charge on any atom is -0.330 e. The summed E-state index contributed by atoms with van der Waals surface area (Å²) in [6.07, 6.45) is 4.67. The largest absolute Gasteiger partial charge is 0.330 e. The molecule has 1 aromatic heterocycles. The minimum atomic E-state index is -0.0833.